The van der Waals surface area contributed by atoms with Crippen molar-refractivity contribution in [3.8, 4) is 11.5 Å². The van der Waals surface area contributed by atoms with Gasteiger partial charge in [0, 0.05) is 6.04 Å². The highest BCUT2D eigenvalue weighted by Crippen LogP contribution is 2.17. The van der Waals surface area contributed by atoms with E-state index in [-0.39, 0.29) is 6.04 Å². The molecular formula is C12H19NO2. The minimum absolute atomic E-state index is 0.108. The SMILES string of the molecule is CCOc1ccc(OCC(N)CC)cc1. The van der Waals surface area contributed by atoms with Crippen LogP contribution in [0.3, 0.4) is 0 Å². The van der Waals surface area contributed by atoms with Crippen molar-refractivity contribution in [3.05, 3.63) is 24.3 Å². The first kappa shape index (κ1) is 11.9. The molecule has 0 saturated carbocycles. The molecule has 84 valence electrons. The fourth-order valence-corrected chi connectivity index (χ4v) is 1.12. The van der Waals surface area contributed by atoms with Gasteiger partial charge in [-0.2, -0.15) is 0 Å². The van der Waals surface area contributed by atoms with Crippen LogP contribution in [0.1, 0.15) is 20.3 Å². The van der Waals surface area contributed by atoms with E-state index in [4.69, 9.17) is 15.2 Å². The zero-order chi connectivity index (χ0) is 11.1. The summed E-state index contributed by atoms with van der Waals surface area (Å²) in [6.45, 7) is 5.25. The molecule has 0 bridgehead atoms. The molecule has 1 unspecified atom stereocenters. The minimum Gasteiger partial charge on any atom is -0.494 e. The normalized spacial score (nSPS) is 12.2. The molecule has 0 radical (unpaired) electrons. The van der Waals surface area contributed by atoms with Gasteiger partial charge in [-0.25, -0.2) is 0 Å². The lowest BCUT2D eigenvalue weighted by molar-refractivity contribution is 0.284. The molecule has 0 aliphatic carbocycles. The highest BCUT2D eigenvalue weighted by atomic mass is 16.5. The maximum atomic E-state index is 5.75. The predicted octanol–water partition coefficient (Wildman–Crippen LogP) is 2.20. The summed E-state index contributed by atoms with van der Waals surface area (Å²) in [6.07, 6.45) is 0.928. The predicted molar refractivity (Wildman–Crippen MR) is 61.4 cm³/mol. The third kappa shape index (κ3) is 4.21. The van der Waals surface area contributed by atoms with E-state index < -0.39 is 0 Å². The van der Waals surface area contributed by atoms with Gasteiger partial charge in [0.25, 0.3) is 0 Å². The van der Waals surface area contributed by atoms with Crippen LogP contribution >= 0.6 is 0 Å². The van der Waals surface area contributed by atoms with E-state index in [2.05, 4.69) is 0 Å². The first-order chi connectivity index (χ1) is 7.26. The van der Waals surface area contributed by atoms with Gasteiger partial charge in [-0.3, -0.25) is 0 Å². The second-order valence-electron chi connectivity index (χ2n) is 3.38. The average molecular weight is 209 g/mol. The molecule has 1 aromatic carbocycles. The Labute approximate surface area is 91.2 Å². The summed E-state index contributed by atoms with van der Waals surface area (Å²) in [6, 6.07) is 7.70. The van der Waals surface area contributed by atoms with Gasteiger partial charge < -0.3 is 15.2 Å². The Morgan fingerprint density at radius 2 is 1.60 bits per heavy atom. The van der Waals surface area contributed by atoms with Gasteiger partial charge in [0.05, 0.1) is 6.61 Å². The van der Waals surface area contributed by atoms with Crippen molar-refractivity contribution in [1.82, 2.24) is 0 Å². The topological polar surface area (TPSA) is 44.5 Å². The number of hydrogen-bond donors (Lipinski definition) is 1. The van der Waals surface area contributed by atoms with E-state index >= 15 is 0 Å². The van der Waals surface area contributed by atoms with E-state index in [0.29, 0.717) is 13.2 Å². The summed E-state index contributed by atoms with van der Waals surface area (Å²) in [4.78, 5) is 0. The molecule has 0 saturated heterocycles. The number of benzene rings is 1. The van der Waals surface area contributed by atoms with Crippen LogP contribution in [0.4, 0.5) is 0 Å². The lowest BCUT2D eigenvalue weighted by Crippen LogP contribution is -2.26. The molecule has 0 heterocycles. The van der Waals surface area contributed by atoms with Crippen LogP contribution in [-0.4, -0.2) is 19.3 Å². The summed E-state index contributed by atoms with van der Waals surface area (Å²) >= 11 is 0. The van der Waals surface area contributed by atoms with Crippen molar-refractivity contribution < 1.29 is 9.47 Å². The maximum Gasteiger partial charge on any atom is 0.119 e. The number of hydrogen-bond acceptors (Lipinski definition) is 3. The number of nitrogens with two attached hydrogens (primary N) is 1. The van der Waals surface area contributed by atoms with E-state index in [0.717, 1.165) is 17.9 Å². The second-order valence-corrected chi connectivity index (χ2v) is 3.38. The lowest BCUT2D eigenvalue weighted by Gasteiger charge is -2.11. The van der Waals surface area contributed by atoms with Crippen molar-refractivity contribution in [2.24, 2.45) is 5.73 Å². The first-order valence-electron chi connectivity index (χ1n) is 5.37. The summed E-state index contributed by atoms with van der Waals surface area (Å²) in [7, 11) is 0. The molecule has 2 N–H and O–H groups in total. The largest absolute Gasteiger partial charge is 0.494 e. The van der Waals surface area contributed by atoms with Gasteiger partial charge in [-0.15, -0.1) is 0 Å². The molecule has 1 aromatic rings. The lowest BCUT2D eigenvalue weighted by atomic mass is 10.2. The Morgan fingerprint density at radius 3 is 2.07 bits per heavy atom. The molecule has 1 atom stereocenters. The van der Waals surface area contributed by atoms with Gasteiger partial charge in [-0.1, -0.05) is 6.92 Å². The molecular weight excluding hydrogens is 190 g/mol. The van der Waals surface area contributed by atoms with Crippen molar-refractivity contribution in [3.63, 3.8) is 0 Å². The molecule has 0 fully saturated rings. The Balaban J connectivity index is 2.42. The molecule has 0 aromatic heterocycles. The van der Waals surface area contributed by atoms with E-state index in [1.165, 1.54) is 0 Å². The zero-order valence-electron chi connectivity index (χ0n) is 9.40. The highest BCUT2D eigenvalue weighted by molar-refractivity contribution is 5.31. The molecule has 0 aliphatic rings. The molecule has 0 amide bonds. The highest BCUT2D eigenvalue weighted by Gasteiger charge is 2.00. The van der Waals surface area contributed by atoms with Crippen molar-refractivity contribution >= 4 is 0 Å². The molecule has 15 heavy (non-hydrogen) atoms. The smallest absolute Gasteiger partial charge is 0.119 e. The van der Waals surface area contributed by atoms with Crippen LogP contribution in [0.5, 0.6) is 11.5 Å². The summed E-state index contributed by atoms with van der Waals surface area (Å²) in [5.41, 5.74) is 5.75. The Bertz CT molecular complexity index is 271. The van der Waals surface area contributed by atoms with Gasteiger partial charge in [0.1, 0.15) is 18.1 Å². The van der Waals surface area contributed by atoms with Crippen LogP contribution in [0.25, 0.3) is 0 Å². The fourth-order valence-electron chi connectivity index (χ4n) is 1.12. The molecule has 3 nitrogen and oxygen atoms in total. The first-order valence-corrected chi connectivity index (χ1v) is 5.37. The third-order valence-electron chi connectivity index (χ3n) is 2.12. The standard InChI is InChI=1S/C12H19NO2/c1-3-10(13)9-15-12-7-5-11(6-8-12)14-4-2/h5-8,10H,3-4,9,13H2,1-2H3. The van der Waals surface area contributed by atoms with Gasteiger partial charge in [-0.05, 0) is 37.6 Å². The second kappa shape index (κ2) is 6.30. The van der Waals surface area contributed by atoms with Crippen LogP contribution < -0.4 is 15.2 Å². The fraction of sp³-hybridized carbons (Fsp3) is 0.500. The number of rotatable bonds is 6. The van der Waals surface area contributed by atoms with E-state index in [1.54, 1.807) is 0 Å². The van der Waals surface area contributed by atoms with Gasteiger partial charge in [0.15, 0.2) is 0 Å². The van der Waals surface area contributed by atoms with E-state index in [9.17, 15) is 0 Å². The molecule has 0 aliphatic heterocycles. The Hall–Kier alpha value is -1.22. The van der Waals surface area contributed by atoms with Crippen LogP contribution in [-0.2, 0) is 0 Å². The molecule has 0 spiro atoms. The zero-order valence-corrected chi connectivity index (χ0v) is 9.40. The van der Waals surface area contributed by atoms with Crippen LogP contribution in [0.2, 0.25) is 0 Å². The summed E-state index contributed by atoms with van der Waals surface area (Å²) < 4.78 is 10.8. The monoisotopic (exact) mass is 209 g/mol. The average Bonchev–Trinajstić information content (AvgIpc) is 2.28. The van der Waals surface area contributed by atoms with E-state index in [1.807, 2.05) is 38.1 Å². The van der Waals surface area contributed by atoms with Gasteiger partial charge >= 0.3 is 0 Å². The molecule has 3 heteroatoms. The quantitative estimate of drug-likeness (QED) is 0.781. The summed E-state index contributed by atoms with van der Waals surface area (Å²) in [5.74, 6) is 1.70. The van der Waals surface area contributed by atoms with Crippen molar-refractivity contribution in [2.45, 2.75) is 26.3 Å². The molecule has 1 rings (SSSR count). The Morgan fingerprint density at radius 1 is 1.07 bits per heavy atom. The van der Waals surface area contributed by atoms with Crippen LogP contribution in [0, 0.1) is 0 Å². The number of ether oxygens (including phenoxy) is 2. The minimum atomic E-state index is 0.108. The third-order valence-corrected chi connectivity index (χ3v) is 2.12. The Kier molecular flexibility index (Phi) is 4.98. The van der Waals surface area contributed by atoms with Crippen LogP contribution in [0.15, 0.2) is 24.3 Å². The van der Waals surface area contributed by atoms with Crippen molar-refractivity contribution in [2.75, 3.05) is 13.2 Å². The van der Waals surface area contributed by atoms with Crippen molar-refractivity contribution in [1.29, 1.82) is 0 Å². The van der Waals surface area contributed by atoms with Gasteiger partial charge in [0.2, 0.25) is 0 Å². The maximum absolute atomic E-state index is 5.75. The summed E-state index contributed by atoms with van der Waals surface area (Å²) in [5, 5.41) is 0.